The van der Waals surface area contributed by atoms with Crippen LogP contribution in [0.4, 0.5) is 5.13 Å². The molecule has 4 nitrogen and oxygen atoms in total. The number of hydrogen-bond donors (Lipinski definition) is 2. The fourth-order valence-electron chi connectivity index (χ4n) is 1.48. The Bertz CT molecular complexity index is 350. The standard InChI is InChI=1S/C9H12N2O2S/c1-5-2-3-6(5)10-9-11-7(4-14-9)8(12)13/h4-6H,2-3H2,1H3,(H,10,11)(H,12,13). The van der Waals surface area contributed by atoms with Gasteiger partial charge in [0.25, 0.3) is 0 Å². The number of aromatic nitrogens is 1. The lowest BCUT2D eigenvalue weighted by molar-refractivity contribution is 0.0691. The van der Waals surface area contributed by atoms with Crippen LogP contribution in [-0.2, 0) is 0 Å². The lowest BCUT2D eigenvalue weighted by Crippen LogP contribution is -2.36. The quantitative estimate of drug-likeness (QED) is 0.805. The first-order valence-corrected chi connectivity index (χ1v) is 5.50. The summed E-state index contributed by atoms with van der Waals surface area (Å²) in [6.45, 7) is 2.19. The van der Waals surface area contributed by atoms with Crippen LogP contribution in [0.3, 0.4) is 0 Å². The molecular formula is C9H12N2O2S. The molecular weight excluding hydrogens is 200 g/mol. The van der Waals surface area contributed by atoms with E-state index in [1.165, 1.54) is 17.8 Å². The van der Waals surface area contributed by atoms with Crippen molar-refractivity contribution in [2.45, 2.75) is 25.8 Å². The van der Waals surface area contributed by atoms with Gasteiger partial charge in [0.05, 0.1) is 0 Å². The molecule has 1 heterocycles. The zero-order chi connectivity index (χ0) is 10.1. The number of nitrogens with one attached hydrogen (secondary N) is 1. The summed E-state index contributed by atoms with van der Waals surface area (Å²) in [5, 5.41) is 14.2. The highest BCUT2D eigenvalue weighted by Crippen LogP contribution is 2.30. The minimum absolute atomic E-state index is 0.129. The van der Waals surface area contributed by atoms with Gasteiger partial charge in [0.1, 0.15) is 0 Å². The van der Waals surface area contributed by atoms with Crippen LogP contribution in [0.15, 0.2) is 5.38 Å². The summed E-state index contributed by atoms with van der Waals surface area (Å²) < 4.78 is 0. The Morgan fingerprint density at radius 1 is 1.71 bits per heavy atom. The monoisotopic (exact) mass is 212 g/mol. The van der Waals surface area contributed by atoms with E-state index in [1.54, 1.807) is 5.38 Å². The van der Waals surface area contributed by atoms with E-state index in [0.29, 0.717) is 12.0 Å². The molecule has 0 radical (unpaired) electrons. The first kappa shape index (κ1) is 9.45. The number of carboxylic acid groups (broad SMARTS) is 1. The number of carbonyl (C=O) groups is 1. The second kappa shape index (κ2) is 3.57. The third kappa shape index (κ3) is 1.72. The maximum absolute atomic E-state index is 10.6. The van der Waals surface area contributed by atoms with Crippen molar-refractivity contribution in [3.63, 3.8) is 0 Å². The molecule has 5 heteroatoms. The maximum atomic E-state index is 10.6. The number of thiazole rings is 1. The normalized spacial score (nSPS) is 25.5. The molecule has 2 atom stereocenters. The van der Waals surface area contributed by atoms with E-state index in [-0.39, 0.29) is 5.69 Å². The Morgan fingerprint density at radius 2 is 2.50 bits per heavy atom. The van der Waals surface area contributed by atoms with Gasteiger partial charge in [-0.15, -0.1) is 11.3 Å². The first-order valence-electron chi connectivity index (χ1n) is 4.62. The molecule has 1 fully saturated rings. The second-order valence-corrected chi connectivity index (χ2v) is 4.51. The fourth-order valence-corrected chi connectivity index (χ4v) is 2.23. The van der Waals surface area contributed by atoms with E-state index >= 15 is 0 Å². The molecule has 2 rings (SSSR count). The van der Waals surface area contributed by atoms with Gasteiger partial charge < -0.3 is 10.4 Å². The molecule has 1 saturated carbocycles. The Morgan fingerprint density at radius 3 is 2.93 bits per heavy atom. The summed E-state index contributed by atoms with van der Waals surface area (Å²) in [6.07, 6.45) is 2.40. The Labute approximate surface area is 86.0 Å². The van der Waals surface area contributed by atoms with Gasteiger partial charge in [-0.1, -0.05) is 6.92 Å². The van der Waals surface area contributed by atoms with Crippen molar-refractivity contribution in [3.8, 4) is 0 Å². The van der Waals surface area contributed by atoms with Crippen LogP contribution in [0.25, 0.3) is 0 Å². The second-order valence-electron chi connectivity index (χ2n) is 3.65. The van der Waals surface area contributed by atoms with Crippen LogP contribution >= 0.6 is 11.3 Å². The predicted molar refractivity (Wildman–Crippen MR) is 54.9 cm³/mol. The van der Waals surface area contributed by atoms with Gasteiger partial charge in [0.2, 0.25) is 0 Å². The Hall–Kier alpha value is -1.10. The van der Waals surface area contributed by atoms with E-state index in [0.717, 1.165) is 11.6 Å². The minimum atomic E-state index is -0.962. The third-order valence-corrected chi connectivity index (χ3v) is 3.43. The summed E-state index contributed by atoms with van der Waals surface area (Å²) >= 11 is 1.35. The molecule has 0 aromatic carbocycles. The number of aromatic carboxylic acids is 1. The SMILES string of the molecule is CC1CCC1Nc1nc(C(=O)O)cs1. The minimum Gasteiger partial charge on any atom is -0.476 e. The van der Waals surface area contributed by atoms with Crippen molar-refractivity contribution >= 4 is 22.4 Å². The molecule has 1 aromatic rings. The summed E-state index contributed by atoms with van der Waals surface area (Å²) in [7, 11) is 0. The van der Waals surface area contributed by atoms with Crippen molar-refractivity contribution in [1.29, 1.82) is 0 Å². The van der Waals surface area contributed by atoms with E-state index in [2.05, 4.69) is 17.2 Å². The highest BCUT2D eigenvalue weighted by molar-refractivity contribution is 7.13. The first-order chi connectivity index (χ1) is 6.66. The molecule has 0 amide bonds. The summed E-state index contributed by atoms with van der Waals surface area (Å²) in [6, 6.07) is 0.475. The van der Waals surface area contributed by atoms with Gasteiger partial charge in [0.15, 0.2) is 10.8 Å². The van der Waals surface area contributed by atoms with Crippen LogP contribution in [0.5, 0.6) is 0 Å². The molecule has 2 unspecified atom stereocenters. The number of carboxylic acids is 1. The largest absolute Gasteiger partial charge is 0.476 e. The number of rotatable bonds is 3. The van der Waals surface area contributed by atoms with E-state index < -0.39 is 5.97 Å². The van der Waals surface area contributed by atoms with Crippen LogP contribution in [0, 0.1) is 5.92 Å². The molecule has 1 aliphatic rings. The smallest absolute Gasteiger partial charge is 0.355 e. The predicted octanol–water partition coefficient (Wildman–Crippen LogP) is 2.05. The molecule has 14 heavy (non-hydrogen) atoms. The van der Waals surface area contributed by atoms with Gasteiger partial charge >= 0.3 is 5.97 Å². The van der Waals surface area contributed by atoms with Crippen LogP contribution < -0.4 is 5.32 Å². The van der Waals surface area contributed by atoms with Crippen molar-refractivity contribution in [2.24, 2.45) is 5.92 Å². The number of nitrogens with zero attached hydrogens (tertiary/aromatic N) is 1. The molecule has 0 saturated heterocycles. The Kier molecular flexibility index (Phi) is 2.41. The van der Waals surface area contributed by atoms with Crippen molar-refractivity contribution < 1.29 is 9.90 Å². The average Bonchev–Trinajstić information content (AvgIpc) is 2.60. The van der Waals surface area contributed by atoms with Crippen LogP contribution in [0.2, 0.25) is 0 Å². The maximum Gasteiger partial charge on any atom is 0.355 e. The highest BCUT2D eigenvalue weighted by atomic mass is 32.1. The van der Waals surface area contributed by atoms with Crippen molar-refractivity contribution in [1.82, 2.24) is 4.98 Å². The van der Waals surface area contributed by atoms with Gasteiger partial charge in [0, 0.05) is 11.4 Å². The van der Waals surface area contributed by atoms with Gasteiger partial charge in [-0.2, -0.15) is 0 Å². The van der Waals surface area contributed by atoms with Gasteiger partial charge in [-0.05, 0) is 18.8 Å². The van der Waals surface area contributed by atoms with Crippen LogP contribution in [0.1, 0.15) is 30.3 Å². The summed E-state index contributed by atoms with van der Waals surface area (Å²) in [4.78, 5) is 14.5. The lowest BCUT2D eigenvalue weighted by Gasteiger charge is -2.34. The van der Waals surface area contributed by atoms with Gasteiger partial charge in [-0.25, -0.2) is 9.78 Å². The third-order valence-electron chi connectivity index (χ3n) is 2.65. The fraction of sp³-hybridized carbons (Fsp3) is 0.556. The summed E-state index contributed by atoms with van der Waals surface area (Å²) in [5.74, 6) is -0.289. The number of anilines is 1. The zero-order valence-electron chi connectivity index (χ0n) is 7.86. The molecule has 1 aliphatic carbocycles. The molecule has 76 valence electrons. The number of hydrogen-bond acceptors (Lipinski definition) is 4. The van der Waals surface area contributed by atoms with Gasteiger partial charge in [-0.3, -0.25) is 0 Å². The van der Waals surface area contributed by atoms with E-state index in [1.807, 2.05) is 0 Å². The molecule has 0 aliphatic heterocycles. The summed E-state index contributed by atoms with van der Waals surface area (Å²) in [5.41, 5.74) is 0.129. The molecule has 0 spiro atoms. The van der Waals surface area contributed by atoms with Crippen LogP contribution in [-0.4, -0.2) is 22.1 Å². The lowest BCUT2D eigenvalue weighted by atomic mass is 9.81. The highest BCUT2D eigenvalue weighted by Gasteiger charge is 2.27. The van der Waals surface area contributed by atoms with E-state index in [4.69, 9.17) is 5.11 Å². The zero-order valence-corrected chi connectivity index (χ0v) is 8.67. The van der Waals surface area contributed by atoms with Crippen molar-refractivity contribution in [2.75, 3.05) is 5.32 Å². The van der Waals surface area contributed by atoms with E-state index in [9.17, 15) is 4.79 Å². The molecule has 0 bridgehead atoms. The Balaban J connectivity index is 1.99. The topological polar surface area (TPSA) is 62.2 Å². The van der Waals surface area contributed by atoms with Crippen molar-refractivity contribution in [3.05, 3.63) is 11.1 Å². The molecule has 1 aromatic heterocycles. The average molecular weight is 212 g/mol. The molecule has 2 N–H and O–H groups in total.